The molecule has 0 aliphatic carbocycles. The molecule has 142 valence electrons. The van der Waals surface area contributed by atoms with Crippen LogP contribution in [0.1, 0.15) is 29.5 Å². The zero-order valence-electron chi connectivity index (χ0n) is 14.5. The quantitative estimate of drug-likeness (QED) is 0.831. The number of halogens is 3. The lowest BCUT2D eigenvalue weighted by Crippen LogP contribution is -2.31. The summed E-state index contributed by atoms with van der Waals surface area (Å²) < 4.78 is 37.6. The molecule has 1 heterocycles. The molecule has 0 fully saturated rings. The zero-order valence-corrected chi connectivity index (χ0v) is 14.5. The summed E-state index contributed by atoms with van der Waals surface area (Å²) in [5, 5.41) is 5.53. The van der Waals surface area contributed by atoms with Crippen molar-refractivity contribution in [2.75, 3.05) is 5.32 Å². The summed E-state index contributed by atoms with van der Waals surface area (Å²) in [6.45, 7) is 0.149. The monoisotopic (exact) mass is 376 g/mol. The third-order valence-electron chi connectivity index (χ3n) is 4.60. The minimum Gasteiger partial charge on any atom is -0.352 e. The number of amides is 2. The number of benzene rings is 2. The van der Waals surface area contributed by atoms with E-state index in [1.165, 1.54) is 12.1 Å². The van der Waals surface area contributed by atoms with Crippen LogP contribution in [0.25, 0.3) is 0 Å². The highest BCUT2D eigenvalue weighted by atomic mass is 19.4. The van der Waals surface area contributed by atoms with Crippen molar-refractivity contribution in [1.29, 1.82) is 0 Å². The molecule has 0 bridgehead atoms. The van der Waals surface area contributed by atoms with Crippen molar-refractivity contribution in [2.45, 2.75) is 32.0 Å². The molecular formula is C20H19F3N2O2. The van der Waals surface area contributed by atoms with Gasteiger partial charge in [-0.1, -0.05) is 30.3 Å². The smallest absolute Gasteiger partial charge is 0.352 e. The largest absolute Gasteiger partial charge is 0.416 e. The summed E-state index contributed by atoms with van der Waals surface area (Å²) >= 11 is 0. The number of hydrogen-bond acceptors (Lipinski definition) is 2. The van der Waals surface area contributed by atoms with Gasteiger partial charge in [0.25, 0.3) is 0 Å². The molecule has 1 aliphatic heterocycles. The average Bonchev–Trinajstić information content (AvgIpc) is 2.64. The number of nitrogens with one attached hydrogen (secondary N) is 2. The lowest BCUT2D eigenvalue weighted by atomic mass is 9.89. The predicted octanol–water partition coefficient (Wildman–Crippen LogP) is 3.91. The van der Waals surface area contributed by atoms with Crippen LogP contribution in [-0.2, 0) is 28.7 Å². The molecule has 0 radical (unpaired) electrons. The number of carbonyl (C=O) groups excluding carboxylic acids is 2. The number of fused-ring (bicyclic) bond motifs is 1. The van der Waals surface area contributed by atoms with Crippen LogP contribution in [0.3, 0.4) is 0 Å². The molecule has 7 heteroatoms. The van der Waals surface area contributed by atoms with E-state index >= 15 is 0 Å². The number of carbonyl (C=O) groups is 2. The second kappa shape index (κ2) is 7.82. The van der Waals surface area contributed by atoms with Gasteiger partial charge in [-0.05, 0) is 42.2 Å². The molecule has 1 atom stereocenters. The lowest BCUT2D eigenvalue weighted by molar-refractivity contribution is -0.137. The van der Waals surface area contributed by atoms with Crippen molar-refractivity contribution in [3.05, 3.63) is 65.2 Å². The van der Waals surface area contributed by atoms with Gasteiger partial charge in [-0.15, -0.1) is 0 Å². The maximum Gasteiger partial charge on any atom is 0.416 e. The summed E-state index contributed by atoms with van der Waals surface area (Å²) in [5.41, 5.74) is 1.72. The first-order valence-electron chi connectivity index (χ1n) is 8.64. The lowest BCUT2D eigenvalue weighted by Gasteiger charge is -2.24. The molecule has 2 N–H and O–H groups in total. The van der Waals surface area contributed by atoms with Crippen LogP contribution in [0.4, 0.5) is 18.9 Å². The molecule has 0 saturated heterocycles. The van der Waals surface area contributed by atoms with E-state index < -0.39 is 11.7 Å². The van der Waals surface area contributed by atoms with E-state index in [2.05, 4.69) is 10.6 Å². The first-order chi connectivity index (χ1) is 12.8. The molecule has 1 aliphatic rings. The average molecular weight is 376 g/mol. The van der Waals surface area contributed by atoms with Crippen molar-refractivity contribution >= 4 is 17.5 Å². The molecule has 2 aromatic rings. The SMILES string of the molecule is O=C(CCC1Cc2ccccc2NC1=O)NCc1ccc(C(F)(F)F)cc1. The fourth-order valence-corrected chi connectivity index (χ4v) is 3.05. The topological polar surface area (TPSA) is 58.2 Å². The van der Waals surface area contributed by atoms with Gasteiger partial charge in [0.1, 0.15) is 0 Å². The van der Waals surface area contributed by atoms with E-state index in [1.807, 2.05) is 24.3 Å². The standard InChI is InChI=1S/C20H19F3N2O2/c21-20(22,23)16-8-5-13(6-9-16)12-24-18(26)10-7-15-11-14-3-1-2-4-17(14)25-19(15)27/h1-6,8-9,15H,7,10-12H2,(H,24,26)(H,25,27). The summed E-state index contributed by atoms with van der Waals surface area (Å²) in [6, 6.07) is 12.2. The Morgan fingerprint density at radius 1 is 1.11 bits per heavy atom. The number of alkyl halides is 3. The van der Waals surface area contributed by atoms with E-state index in [1.54, 1.807) is 0 Å². The summed E-state index contributed by atoms with van der Waals surface area (Å²) in [6.07, 6.45) is -3.19. The Labute approximate surface area is 154 Å². The Bertz CT molecular complexity index is 832. The first kappa shape index (κ1) is 18.9. The van der Waals surface area contributed by atoms with Crippen molar-refractivity contribution in [3.8, 4) is 0 Å². The van der Waals surface area contributed by atoms with Gasteiger partial charge in [0.2, 0.25) is 11.8 Å². The Morgan fingerprint density at radius 2 is 1.81 bits per heavy atom. The Kier molecular flexibility index (Phi) is 5.48. The van der Waals surface area contributed by atoms with Gasteiger partial charge in [-0.2, -0.15) is 13.2 Å². The fraction of sp³-hybridized carbons (Fsp3) is 0.300. The summed E-state index contributed by atoms with van der Waals surface area (Å²) in [7, 11) is 0. The molecular weight excluding hydrogens is 357 g/mol. The van der Waals surface area contributed by atoms with Crippen LogP contribution < -0.4 is 10.6 Å². The van der Waals surface area contributed by atoms with Crippen LogP contribution in [0.5, 0.6) is 0 Å². The van der Waals surface area contributed by atoms with Gasteiger partial charge in [-0.25, -0.2) is 0 Å². The van der Waals surface area contributed by atoms with E-state index in [-0.39, 0.29) is 30.7 Å². The number of rotatable bonds is 5. The van der Waals surface area contributed by atoms with Gasteiger partial charge in [-0.3, -0.25) is 9.59 Å². The van der Waals surface area contributed by atoms with Gasteiger partial charge in [0.05, 0.1) is 5.56 Å². The Morgan fingerprint density at radius 3 is 2.52 bits per heavy atom. The van der Waals surface area contributed by atoms with Gasteiger partial charge >= 0.3 is 6.18 Å². The summed E-state index contributed by atoms with van der Waals surface area (Å²) in [5.74, 6) is -0.595. The van der Waals surface area contributed by atoms with Crippen LogP contribution in [0, 0.1) is 5.92 Å². The molecule has 0 aromatic heterocycles. The van der Waals surface area contributed by atoms with Crippen molar-refractivity contribution in [2.24, 2.45) is 5.92 Å². The third-order valence-corrected chi connectivity index (χ3v) is 4.60. The highest BCUT2D eigenvalue weighted by Gasteiger charge is 2.30. The normalized spacial score (nSPS) is 16.4. The highest BCUT2D eigenvalue weighted by molar-refractivity contribution is 5.96. The minimum absolute atomic E-state index is 0.0933. The second-order valence-corrected chi connectivity index (χ2v) is 6.56. The fourth-order valence-electron chi connectivity index (χ4n) is 3.05. The molecule has 3 rings (SSSR count). The van der Waals surface area contributed by atoms with Gasteiger partial charge in [0, 0.05) is 24.6 Å². The maximum absolute atomic E-state index is 12.5. The van der Waals surface area contributed by atoms with E-state index in [4.69, 9.17) is 0 Å². The molecule has 2 amide bonds. The predicted molar refractivity (Wildman–Crippen MR) is 94.8 cm³/mol. The molecule has 27 heavy (non-hydrogen) atoms. The molecule has 2 aromatic carbocycles. The number of para-hydroxylation sites is 1. The van der Waals surface area contributed by atoms with E-state index in [0.717, 1.165) is 23.4 Å². The first-order valence-corrected chi connectivity index (χ1v) is 8.64. The molecule has 1 unspecified atom stereocenters. The molecule has 0 saturated carbocycles. The van der Waals surface area contributed by atoms with Crippen LogP contribution in [0.2, 0.25) is 0 Å². The van der Waals surface area contributed by atoms with E-state index in [9.17, 15) is 22.8 Å². The Hall–Kier alpha value is -2.83. The molecule has 0 spiro atoms. The van der Waals surface area contributed by atoms with Crippen molar-refractivity contribution < 1.29 is 22.8 Å². The highest BCUT2D eigenvalue weighted by Crippen LogP contribution is 2.29. The van der Waals surface area contributed by atoms with Gasteiger partial charge in [0.15, 0.2) is 0 Å². The van der Waals surface area contributed by atoms with Gasteiger partial charge < -0.3 is 10.6 Å². The second-order valence-electron chi connectivity index (χ2n) is 6.56. The minimum atomic E-state index is -4.37. The van der Waals surface area contributed by atoms with Crippen molar-refractivity contribution in [1.82, 2.24) is 5.32 Å². The van der Waals surface area contributed by atoms with Crippen LogP contribution in [0.15, 0.2) is 48.5 Å². The maximum atomic E-state index is 12.5. The van der Waals surface area contributed by atoms with Crippen LogP contribution in [-0.4, -0.2) is 11.8 Å². The van der Waals surface area contributed by atoms with E-state index in [0.29, 0.717) is 18.4 Å². The van der Waals surface area contributed by atoms with Crippen LogP contribution >= 0.6 is 0 Å². The number of hydrogen-bond donors (Lipinski definition) is 2. The summed E-state index contributed by atoms with van der Waals surface area (Å²) in [4.78, 5) is 24.1. The zero-order chi connectivity index (χ0) is 19.4. The third kappa shape index (κ3) is 4.87. The Balaban J connectivity index is 1.47. The number of anilines is 1. The molecule has 4 nitrogen and oxygen atoms in total. The van der Waals surface area contributed by atoms with Crippen molar-refractivity contribution in [3.63, 3.8) is 0 Å².